The van der Waals surface area contributed by atoms with Crippen molar-refractivity contribution in [3.8, 4) is 0 Å². The summed E-state index contributed by atoms with van der Waals surface area (Å²) in [5.74, 6) is 0.258. The number of fused-ring (bicyclic) bond motifs is 1. The molecule has 1 aliphatic heterocycles. The van der Waals surface area contributed by atoms with E-state index in [1.807, 2.05) is 18.2 Å². The molecule has 7 heteroatoms. The lowest BCUT2D eigenvalue weighted by molar-refractivity contribution is 0.0606. The van der Waals surface area contributed by atoms with Gasteiger partial charge in [-0.15, -0.1) is 11.3 Å². The minimum absolute atomic E-state index is 0.409. The molecular formula is C17H19ClN2O2S2. The summed E-state index contributed by atoms with van der Waals surface area (Å²) in [6.45, 7) is 4.24. The van der Waals surface area contributed by atoms with Crippen molar-refractivity contribution in [2.75, 3.05) is 25.5 Å². The molecule has 4 nitrogen and oxygen atoms in total. The van der Waals surface area contributed by atoms with Gasteiger partial charge >= 0.3 is 5.97 Å². The number of thiophene rings is 1. The Morgan fingerprint density at radius 1 is 1.50 bits per heavy atom. The molecule has 0 amide bonds. The van der Waals surface area contributed by atoms with Crippen LogP contribution in [0.15, 0.2) is 18.2 Å². The molecule has 0 unspecified atom stereocenters. The maximum absolute atomic E-state index is 11.8. The summed E-state index contributed by atoms with van der Waals surface area (Å²) in [6, 6.07) is 5.81. The first kappa shape index (κ1) is 17.5. The molecule has 2 heterocycles. The zero-order valence-corrected chi connectivity index (χ0v) is 16.0. The van der Waals surface area contributed by atoms with E-state index in [1.165, 1.54) is 31.3 Å². The second-order valence-corrected chi connectivity index (χ2v) is 7.89. The SMILES string of the molecule is COC(=O)c1sc2cc(NC(=S)N3CCC[C@@H](C)C3)ccc2c1Cl. The maximum atomic E-state index is 11.8. The van der Waals surface area contributed by atoms with Gasteiger partial charge in [0.2, 0.25) is 0 Å². The Bertz CT molecular complexity index is 790. The predicted molar refractivity (Wildman–Crippen MR) is 104 cm³/mol. The number of anilines is 1. The number of thiocarbonyl (C=S) groups is 1. The fourth-order valence-corrected chi connectivity index (χ4v) is 4.69. The number of methoxy groups -OCH3 is 1. The molecule has 1 atom stereocenters. The van der Waals surface area contributed by atoms with Crippen LogP contribution in [-0.2, 0) is 4.74 Å². The van der Waals surface area contributed by atoms with Gasteiger partial charge in [-0.1, -0.05) is 18.5 Å². The molecule has 1 fully saturated rings. The van der Waals surface area contributed by atoms with E-state index in [0.717, 1.165) is 34.0 Å². The van der Waals surface area contributed by atoms with Crippen molar-refractivity contribution in [3.63, 3.8) is 0 Å². The third-order valence-corrected chi connectivity index (χ3v) is 6.19. The second-order valence-electron chi connectivity index (χ2n) is 6.07. The number of esters is 1. The first-order valence-corrected chi connectivity index (χ1v) is 9.46. The Labute approximate surface area is 155 Å². The van der Waals surface area contributed by atoms with E-state index in [0.29, 0.717) is 15.8 Å². The quantitative estimate of drug-likeness (QED) is 0.598. The number of hydrogen-bond acceptors (Lipinski definition) is 4. The van der Waals surface area contributed by atoms with E-state index in [2.05, 4.69) is 17.1 Å². The molecule has 1 aromatic carbocycles. The Morgan fingerprint density at radius 2 is 2.29 bits per heavy atom. The number of carbonyl (C=O) groups is 1. The van der Waals surface area contributed by atoms with Crippen molar-refractivity contribution < 1.29 is 9.53 Å². The van der Waals surface area contributed by atoms with Crippen LogP contribution in [0.5, 0.6) is 0 Å². The zero-order valence-electron chi connectivity index (χ0n) is 13.6. The van der Waals surface area contributed by atoms with E-state index in [4.69, 9.17) is 28.6 Å². The zero-order chi connectivity index (χ0) is 17.3. The molecule has 0 radical (unpaired) electrons. The standard InChI is InChI=1S/C17H19ClN2O2S2/c1-10-4-3-7-20(9-10)17(23)19-11-5-6-12-13(8-11)24-15(14(12)18)16(21)22-2/h5-6,8,10H,3-4,7,9H2,1-2H3,(H,19,23)/t10-/m1/s1. The van der Waals surface area contributed by atoms with Crippen LogP contribution in [0.25, 0.3) is 10.1 Å². The van der Waals surface area contributed by atoms with Gasteiger partial charge in [0.1, 0.15) is 4.88 Å². The smallest absolute Gasteiger partial charge is 0.349 e. The summed E-state index contributed by atoms with van der Waals surface area (Å²) < 4.78 is 5.71. The number of likely N-dealkylation sites (tertiary alicyclic amines) is 1. The molecule has 1 aromatic heterocycles. The summed E-state index contributed by atoms with van der Waals surface area (Å²) in [7, 11) is 1.36. The van der Waals surface area contributed by atoms with Gasteiger partial charge in [0.05, 0.1) is 12.1 Å². The van der Waals surface area contributed by atoms with Crippen LogP contribution in [0, 0.1) is 5.92 Å². The van der Waals surface area contributed by atoms with Gasteiger partial charge in [0, 0.05) is 28.9 Å². The largest absolute Gasteiger partial charge is 0.465 e. The summed E-state index contributed by atoms with van der Waals surface area (Å²) in [4.78, 5) is 14.4. The van der Waals surface area contributed by atoms with Gasteiger partial charge in [0.25, 0.3) is 0 Å². The van der Waals surface area contributed by atoms with Gasteiger partial charge in [-0.25, -0.2) is 4.79 Å². The highest BCUT2D eigenvalue weighted by molar-refractivity contribution is 7.80. The summed E-state index contributed by atoms with van der Waals surface area (Å²) in [6.07, 6.45) is 2.43. The molecule has 24 heavy (non-hydrogen) atoms. The Morgan fingerprint density at radius 3 is 3.00 bits per heavy atom. The van der Waals surface area contributed by atoms with Crippen molar-refractivity contribution in [3.05, 3.63) is 28.1 Å². The first-order chi connectivity index (χ1) is 11.5. The van der Waals surface area contributed by atoms with E-state index < -0.39 is 5.97 Å². The number of nitrogens with one attached hydrogen (secondary N) is 1. The third-order valence-electron chi connectivity index (χ3n) is 4.20. The normalized spacial score (nSPS) is 17.8. The lowest BCUT2D eigenvalue weighted by atomic mass is 10.0. The molecule has 0 bridgehead atoms. The monoisotopic (exact) mass is 382 g/mol. The molecule has 1 N–H and O–H groups in total. The van der Waals surface area contributed by atoms with Crippen molar-refractivity contribution in [2.24, 2.45) is 5.92 Å². The van der Waals surface area contributed by atoms with Gasteiger partial charge in [0.15, 0.2) is 5.11 Å². The fraction of sp³-hybridized carbons (Fsp3) is 0.412. The van der Waals surface area contributed by atoms with E-state index >= 15 is 0 Å². The van der Waals surface area contributed by atoms with Crippen LogP contribution >= 0.6 is 35.2 Å². The number of hydrogen-bond donors (Lipinski definition) is 1. The molecule has 3 rings (SSSR count). The molecule has 0 saturated carbocycles. The second kappa shape index (κ2) is 7.25. The minimum Gasteiger partial charge on any atom is -0.465 e. The minimum atomic E-state index is -0.409. The molecule has 128 valence electrons. The highest BCUT2D eigenvalue weighted by Crippen LogP contribution is 2.37. The third kappa shape index (κ3) is 3.50. The Balaban J connectivity index is 1.80. The van der Waals surface area contributed by atoms with Crippen molar-refractivity contribution in [1.82, 2.24) is 4.90 Å². The number of benzene rings is 1. The highest BCUT2D eigenvalue weighted by Gasteiger charge is 2.20. The molecule has 1 aliphatic rings. The van der Waals surface area contributed by atoms with Crippen molar-refractivity contribution >= 4 is 62.0 Å². The van der Waals surface area contributed by atoms with Crippen LogP contribution in [0.1, 0.15) is 29.4 Å². The number of halogens is 1. The van der Waals surface area contributed by atoms with Crippen LogP contribution < -0.4 is 5.32 Å². The molecule has 0 spiro atoms. The Kier molecular flexibility index (Phi) is 5.27. The van der Waals surface area contributed by atoms with Crippen LogP contribution in [0.3, 0.4) is 0 Å². The molecular weight excluding hydrogens is 364 g/mol. The van der Waals surface area contributed by atoms with E-state index in [-0.39, 0.29) is 0 Å². The van der Waals surface area contributed by atoms with Crippen LogP contribution in [-0.4, -0.2) is 36.2 Å². The maximum Gasteiger partial charge on any atom is 0.349 e. The number of ether oxygens (including phenoxy) is 1. The average Bonchev–Trinajstić information content (AvgIpc) is 2.90. The van der Waals surface area contributed by atoms with Crippen LogP contribution in [0.4, 0.5) is 5.69 Å². The number of rotatable bonds is 2. The lowest BCUT2D eigenvalue weighted by Crippen LogP contribution is -2.41. The van der Waals surface area contributed by atoms with Gasteiger partial charge in [-0.3, -0.25) is 0 Å². The highest BCUT2D eigenvalue weighted by atomic mass is 35.5. The van der Waals surface area contributed by atoms with E-state index in [9.17, 15) is 4.79 Å². The van der Waals surface area contributed by atoms with E-state index in [1.54, 1.807) is 0 Å². The summed E-state index contributed by atoms with van der Waals surface area (Å²) in [5.41, 5.74) is 0.903. The summed E-state index contributed by atoms with van der Waals surface area (Å²) in [5, 5.41) is 5.35. The first-order valence-electron chi connectivity index (χ1n) is 7.86. The van der Waals surface area contributed by atoms with Crippen LogP contribution in [0.2, 0.25) is 5.02 Å². The average molecular weight is 383 g/mol. The number of piperidine rings is 1. The van der Waals surface area contributed by atoms with Gasteiger partial charge in [-0.05, 0) is 49.2 Å². The number of nitrogens with zero attached hydrogens (tertiary/aromatic N) is 1. The fourth-order valence-electron chi connectivity index (χ4n) is 2.94. The lowest BCUT2D eigenvalue weighted by Gasteiger charge is -2.33. The summed E-state index contributed by atoms with van der Waals surface area (Å²) >= 11 is 13.2. The molecule has 0 aliphatic carbocycles. The van der Waals surface area contributed by atoms with Crippen molar-refractivity contribution in [2.45, 2.75) is 19.8 Å². The molecule has 1 saturated heterocycles. The predicted octanol–water partition coefficient (Wildman–Crippen LogP) is 4.77. The van der Waals surface area contributed by atoms with Gasteiger partial charge in [-0.2, -0.15) is 0 Å². The van der Waals surface area contributed by atoms with Crippen molar-refractivity contribution in [1.29, 1.82) is 0 Å². The van der Waals surface area contributed by atoms with Gasteiger partial charge < -0.3 is 15.0 Å². The topological polar surface area (TPSA) is 41.6 Å². The Hall–Kier alpha value is -1.37. The number of carbonyl (C=O) groups excluding carboxylic acids is 1. The molecule has 2 aromatic rings.